The van der Waals surface area contributed by atoms with Crippen LogP contribution in [-0.2, 0) is 10.0 Å². The molecule has 1 aliphatic heterocycles. The van der Waals surface area contributed by atoms with Gasteiger partial charge in [0.25, 0.3) is 21.6 Å². The van der Waals surface area contributed by atoms with E-state index in [1.165, 1.54) is 0 Å². The first-order chi connectivity index (χ1) is 8.39. The second-order valence-corrected chi connectivity index (χ2v) is 6.13. The predicted octanol–water partition coefficient (Wildman–Crippen LogP) is 1.13. The van der Waals surface area contributed by atoms with Crippen molar-refractivity contribution in [3.8, 4) is 0 Å². The van der Waals surface area contributed by atoms with Crippen molar-refractivity contribution in [3.05, 3.63) is 33.9 Å². The topological polar surface area (TPSA) is 97.6 Å². The van der Waals surface area contributed by atoms with E-state index in [1.807, 2.05) is 0 Å². The number of sulfonamides is 1. The van der Waals surface area contributed by atoms with Crippen LogP contribution in [0.25, 0.3) is 0 Å². The van der Waals surface area contributed by atoms with Gasteiger partial charge in [0, 0.05) is 24.0 Å². The molecule has 1 aromatic carbocycles. The number of hydrogen-bond acceptors (Lipinski definition) is 5. The zero-order valence-corrected chi connectivity index (χ0v) is 11.3. The van der Waals surface area contributed by atoms with E-state index >= 15 is 0 Å². The highest BCUT2D eigenvalue weighted by Gasteiger charge is 2.41. The number of nitro groups is 1. The first-order valence-corrected chi connectivity index (χ1v) is 7.37. The van der Waals surface area contributed by atoms with Crippen molar-refractivity contribution in [2.24, 2.45) is 0 Å². The van der Waals surface area contributed by atoms with E-state index in [4.69, 9.17) is 0 Å². The number of benzene rings is 1. The van der Waals surface area contributed by atoms with Gasteiger partial charge in [-0.25, -0.2) is 12.7 Å². The van der Waals surface area contributed by atoms with Gasteiger partial charge in [-0.1, -0.05) is 15.9 Å². The number of nitro benzene ring substituents is 1. The molecule has 1 amide bonds. The van der Waals surface area contributed by atoms with Crippen molar-refractivity contribution in [1.82, 2.24) is 4.31 Å². The van der Waals surface area contributed by atoms with Crippen LogP contribution in [0.3, 0.4) is 0 Å². The lowest BCUT2D eigenvalue weighted by Gasteiger charge is -2.12. The molecule has 18 heavy (non-hydrogen) atoms. The molecule has 1 aromatic rings. The van der Waals surface area contributed by atoms with Crippen molar-refractivity contribution in [2.45, 2.75) is 4.90 Å². The lowest BCUT2D eigenvalue weighted by Crippen LogP contribution is -2.31. The molecule has 0 bridgehead atoms. The molecule has 1 aliphatic rings. The zero-order valence-electron chi connectivity index (χ0n) is 8.87. The molecule has 0 fully saturated rings. The van der Waals surface area contributed by atoms with Crippen LogP contribution in [0, 0.1) is 10.1 Å². The van der Waals surface area contributed by atoms with Crippen LogP contribution in [0.5, 0.6) is 0 Å². The van der Waals surface area contributed by atoms with E-state index < -0.39 is 20.9 Å². The Bertz CT molecular complexity index is 642. The van der Waals surface area contributed by atoms with Gasteiger partial charge in [-0.05, 0) is 6.07 Å². The standard InChI is InChI=1S/C9H7BrN2O5S/c10-3-4-11-9(13)7-5-6(12(14)15)1-2-8(7)18(11,16)17/h1-2,5H,3-4H2. The molecular weight excluding hydrogens is 328 g/mol. The third-order valence-corrected chi connectivity index (χ3v) is 4.68. The van der Waals surface area contributed by atoms with E-state index in [0.717, 1.165) is 18.2 Å². The van der Waals surface area contributed by atoms with Crippen LogP contribution in [0.1, 0.15) is 10.4 Å². The summed E-state index contributed by atoms with van der Waals surface area (Å²) in [5.74, 6) is -0.729. The average Bonchev–Trinajstić information content (AvgIpc) is 2.51. The van der Waals surface area contributed by atoms with Gasteiger partial charge in [-0.3, -0.25) is 14.9 Å². The smallest absolute Gasteiger partial charge is 0.268 e. The maximum absolute atomic E-state index is 12.0. The molecule has 0 atom stereocenters. The van der Waals surface area contributed by atoms with Gasteiger partial charge < -0.3 is 0 Å². The predicted molar refractivity (Wildman–Crippen MR) is 65.1 cm³/mol. The number of amides is 1. The fourth-order valence-corrected chi connectivity index (χ4v) is 3.82. The van der Waals surface area contributed by atoms with Crippen LogP contribution >= 0.6 is 15.9 Å². The van der Waals surface area contributed by atoms with Crippen LogP contribution in [-0.4, -0.2) is 35.4 Å². The van der Waals surface area contributed by atoms with Crippen molar-refractivity contribution in [2.75, 3.05) is 11.9 Å². The van der Waals surface area contributed by atoms with Crippen molar-refractivity contribution < 1.29 is 18.1 Å². The number of carbonyl (C=O) groups excluding carboxylic acids is 1. The molecule has 2 rings (SSSR count). The molecule has 0 saturated heterocycles. The largest absolute Gasteiger partial charge is 0.270 e. The fourth-order valence-electron chi connectivity index (χ4n) is 1.68. The Morgan fingerprint density at radius 3 is 2.61 bits per heavy atom. The highest BCUT2D eigenvalue weighted by atomic mass is 79.9. The summed E-state index contributed by atoms with van der Waals surface area (Å²) in [6.07, 6.45) is 0. The van der Waals surface area contributed by atoms with Crippen LogP contribution < -0.4 is 0 Å². The number of non-ortho nitro benzene ring substituents is 1. The van der Waals surface area contributed by atoms with E-state index in [2.05, 4.69) is 15.9 Å². The zero-order chi connectivity index (χ0) is 13.5. The Labute approximate surface area is 111 Å². The third-order valence-electron chi connectivity index (χ3n) is 2.49. The third kappa shape index (κ3) is 1.79. The van der Waals surface area contributed by atoms with E-state index in [9.17, 15) is 23.3 Å². The number of alkyl halides is 1. The summed E-state index contributed by atoms with van der Waals surface area (Å²) in [5.41, 5.74) is -0.455. The maximum atomic E-state index is 12.0. The maximum Gasteiger partial charge on any atom is 0.270 e. The second kappa shape index (κ2) is 4.32. The summed E-state index contributed by atoms with van der Waals surface area (Å²) < 4.78 is 24.7. The van der Waals surface area contributed by atoms with E-state index in [-0.39, 0.29) is 22.7 Å². The lowest BCUT2D eigenvalue weighted by atomic mass is 10.2. The molecule has 0 radical (unpaired) electrons. The van der Waals surface area contributed by atoms with Crippen molar-refractivity contribution >= 4 is 37.5 Å². The van der Waals surface area contributed by atoms with Crippen molar-refractivity contribution in [3.63, 3.8) is 0 Å². The summed E-state index contributed by atoms with van der Waals surface area (Å²) >= 11 is 3.05. The second-order valence-electron chi connectivity index (χ2n) is 3.51. The fraction of sp³-hybridized carbons (Fsp3) is 0.222. The molecule has 0 N–H and O–H groups in total. The number of fused-ring (bicyclic) bond motifs is 1. The Kier molecular flexibility index (Phi) is 3.11. The highest BCUT2D eigenvalue weighted by molar-refractivity contribution is 9.09. The van der Waals surface area contributed by atoms with Gasteiger partial charge >= 0.3 is 0 Å². The lowest BCUT2D eigenvalue weighted by molar-refractivity contribution is -0.384. The minimum Gasteiger partial charge on any atom is -0.268 e. The molecule has 1 heterocycles. The highest BCUT2D eigenvalue weighted by Crippen LogP contribution is 2.32. The van der Waals surface area contributed by atoms with Gasteiger partial charge in [-0.15, -0.1) is 0 Å². The molecule has 0 aliphatic carbocycles. The monoisotopic (exact) mass is 334 g/mol. The van der Waals surface area contributed by atoms with E-state index in [0.29, 0.717) is 9.64 Å². The number of nitrogens with zero attached hydrogens (tertiary/aromatic N) is 2. The first kappa shape index (κ1) is 13.0. The summed E-state index contributed by atoms with van der Waals surface area (Å²) in [6, 6.07) is 3.15. The molecular formula is C9H7BrN2O5S. The average molecular weight is 335 g/mol. The molecule has 0 spiro atoms. The number of halogens is 1. The minimum absolute atomic E-state index is 0.0103. The van der Waals surface area contributed by atoms with E-state index in [1.54, 1.807) is 0 Å². The molecule has 0 aromatic heterocycles. The number of carbonyl (C=O) groups is 1. The molecule has 7 nitrogen and oxygen atoms in total. The molecule has 96 valence electrons. The SMILES string of the molecule is O=C1c2cc([N+](=O)[O-])ccc2S(=O)(=O)N1CCBr. The first-order valence-electron chi connectivity index (χ1n) is 4.81. The molecule has 9 heteroatoms. The molecule has 0 unspecified atom stereocenters. The Balaban J connectivity index is 2.61. The minimum atomic E-state index is -3.87. The van der Waals surface area contributed by atoms with Crippen LogP contribution in [0.4, 0.5) is 5.69 Å². The van der Waals surface area contributed by atoms with Gasteiger partial charge in [0.1, 0.15) is 4.90 Å². The van der Waals surface area contributed by atoms with Gasteiger partial charge in [0.2, 0.25) is 0 Å². The van der Waals surface area contributed by atoms with Crippen LogP contribution in [0.15, 0.2) is 23.1 Å². The normalized spacial score (nSPS) is 16.7. The van der Waals surface area contributed by atoms with Gasteiger partial charge in [0.15, 0.2) is 0 Å². The number of hydrogen-bond donors (Lipinski definition) is 0. The van der Waals surface area contributed by atoms with Crippen molar-refractivity contribution in [1.29, 1.82) is 0 Å². The van der Waals surface area contributed by atoms with Gasteiger partial charge in [-0.2, -0.15) is 0 Å². The Morgan fingerprint density at radius 2 is 2.06 bits per heavy atom. The van der Waals surface area contributed by atoms with Crippen LogP contribution in [0.2, 0.25) is 0 Å². The quantitative estimate of drug-likeness (QED) is 0.469. The Morgan fingerprint density at radius 1 is 1.39 bits per heavy atom. The number of rotatable bonds is 3. The van der Waals surface area contributed by atoms with Gasteiger partial charge in [0.05, 0.1) is 10.5 Å². The molecule has 0 saturated carbocycles. The summed E-state index contributed by atoms with van der Waals surface area (Å²) in [4.78, 5) is 21.6. The summed E-state index contributed by atoms with van der Waals surface area (Å²) in [6.45, 7) is -0.0103. The summed E-state index contributed by atoms with van der Waals surface area (Å²) in [7, 11) is -3.87. The Hall–Kier alpha value is -1.48. The summed E-state index contributed by atoms with van der Waals surface area (Å²) in [5, 5.41) is 10.9.